The third-order valence-corrected chi connectivity index (χ3v) is 5.35. The second-order valence-electron chi connectivity index (χ2n) is 7.01. The number of hydrogen-bond acceptors (Lipinski definition) is 5. The van der Waals surface area contributed by atoms with E-state index in [0.29, 0.717) is 12.8 Å². The molecule has 1 fully saturated rings. The molecule has 1 aromatic carbocycles. The molecule has 1 N–H and O–H groups in total. The van der Waals surface area contributed by atoms with E-state index in [1.54, 1.807) is 0 Å². The van der Waals surface area contributed by atoms with E-state index in [1.807, 2.05) is 12.1 Å². The van der Waals surface area contributed by atoms with Crippen LogP contribution in [0.4, 0.5) is 0 Å². The largest absolute Gasteiger partial charge is 0.493 e. The highest BCUT2D eigenvalue weighted by atomic mass is 16.7. The van der Waals surface area contributed by atoms with Crippen LogP contribution in [-0.2, 0) is 0 Å². The van der Waals surface area contributed by atoms with E-state index < -0.39 is 0 Å². The molecule has 0 aliphatic carbocycles. The van der Waals surface area contributed by atoms with Crippen molar-refractivity contribution < 1.29 is 14.2 Å². The Balaban J connectivity index is 1.55. The zero-order chi connectivity index (χ0) is 17.1. The molecule has 136 valence electrons. The fraction of sp³-hybridized carbons (Fsp3) is 0.600. The van der Waals surface area contributed by atoms with Crippen molar-refractivity contribution in [2.24, 2.45) is 0 Å². The first kappa shape index (κ1) is 16.7. The molecule has 25 heavy (non-hydrogen) atoms. The number of benzene rings is 1. The summed E-state index contributed by atoms with van der Waals surface area (Å²) in [5, 5.41) is 3.45. The van der Waals surface area contributed by atoms with Gasteiger partial charge in [-0.1, -0.05) is 19.4 Å². The van der Waals surface area contributed by atoms with Crippen molar-refractivity contribution in [3.8, 4) is 17.2 Å². The van der Waals surface area contributed by atoms with Crippen molar-refractivity contribution in [2.45, 2.75) is 38.6 Å². The van der Waals surface area contributed by atoms with Crippen LogP contribution in [0.2, 0.25) is 0 Å². The van der Waals surface area contributed by atoms with Crippen molar-refractivity contribution >= 4 is 5.57 Å². The summed E-state index contributed by atoms with van der Waals surface area (Å²) in [7, 11) is 0. The van der Waals surface area contributed by atoms with Crippen molar-refractivity contribution in [1.82, 2.24) is 10.2 Å². The molecule has 5 heteroatoms. The Kier molecular flexibility index (Phi) is 5.13. The number of nitrogens with zero attached hydrogens (tertiary/aromatic N) is 1. The van der Waals surface area contributed by atoms with E-state index in [-0.39, 0.29) is 0 Å². The Morgan fingerprint density at radius 1 is 1.24 bits per heavy atom. The molecule has 3 aliphatic heterocycles. The van der Waals surface area contributed by atoms with Gasteiger partial charge in [-0.05, 0) is 50.1 Å². The Labute approximate surface area is 149 Å². The van der Waals surface area contributed by atoms with Crippen molar-refractivity contribution in [1.29, 1.82) is 0 Å². The average molecular weight is 344 g/mol. The Bertz CT molecular complexity index is 638. The number of rotatable bonds is 6. The monoisotopic (exact) mass is 344 g/mol. The lowest BCUT2D eigenvalue weighted by Crippen LogP contribution is -2.42. The summed E-state index contributed by atoms with van der Waals surface area (Å²) in [5.74, 6) is 2.61. The van der Waals surface area contributed by atoms with Crippen LogP contribution < -0.4 is 19.5 Å². The number of unbranched alkanes of at least 4 members (excludes halogenated alkanes) is 1. The minimum atomic E-state index is 0.298. The van der Waals surface area contributed by atoms with Gasteiger partial charge in [-0.3, -0.25) is 4.90 Å². The van der Waals surface area contributed by atoms with Crippen LogP contribution in [0.1, 0.15) is 38.2 Å². The number of hydrogen-bond donors (Lipinski definition) is 1. The van der Waals surface area contributed by atoms with Crippen molar-refractivity contribution in [2.75, 3.05) is 39.6 Å². The van der Waals surface area contributed by atoms with Gasteiger partial charge in [0.05, 0.1) is 12.2 Å². The van der Waals surface area contributed by atoms with Gasteiger partial charge >= 0.3 is 0 Å². The van der Waals surface area contributed by atoms with Crippen LogP contribution in [0.5, 0.6) is 17.2 Å². The molecule has 0 atom stereocenters. The molecule has 5 nitrogen and oxygen atoms in total. The highest BCUT2D eigenvalue weighted by Gasteiger charge is 2.30. The highest BCUT2D eigenvalue weighted by molar-refractivity contribution is 5.80. The van der Waals surface area contributed by atoms with Gasteiger partial charge in [0.15, 0.2) is 11.5 Å². The minimum absolute atomic E-state index is 0.298. The van der Waals surface area contributed by atoms with Crippen molar-refractivity contribution in [3.05, 3.63) is 23.8 Å². The number of fused-ring (bicyclic) bond motifs is 1. The van der Waals surface area contributed by atoms with Gasteiger partial charge in [0.2, 0.25) is 6.79 Å². The summed E-state index contributed by atoms with van der Waals surface area (Å²) in [6, 6.07) is 4.67. The molecule has 0 saturated carbocycles. The molecule has 0 spiro atoms. The molecule has 0 radical (unpaired) electrons. The average Bonchev–Trinajstić information content (AvgIpc) is 3.32. The smallest absolute Gasteiger partial charge is 0.231 e. The van der Waals surface area contributed by atoms with Crippen LogP contribution in [0.25, 0.3) is 5.57 Å². The maximum absolute atomic E-state index is 6.09. The minimum Gasteiger partial charge on any atom is -0.493 e. The Hall–Kier alpha value is -1.72. The summed E-state index contributed by atoms with van der Waals surface area (Å²) >= 11 is 0. The quantitative estimate of drug-likeness (QED) is 0.804. The second-order valence-corrected chi connectivity index (χ2v) is 7.01. The fourth-order valence-electron chi connectivity index (χ4n) is 3.91. The van der Waals surface area contributed by atoms with Gasteiger partial charge in [0.25, 0.3) is 0 Å². The molecule has 3 heterocycles. The van der Waals surface area contributed by atoms with Crippen LogP contribution in [0.3, 0.4) is 0 Å². The van der Waals surface area contributed by atoms with Crippen LogP contribution in [0, 0.1) is 0 Å². The first-order chi connectivity index (χ1) is 12.4. The molecular weight excluding hydrogens is 316 g/mol. The lowest BCUT2D eigenvalue weighted by molar-refractivity contribution is 0.173. The van der Waals surface area contributed by atoms with Crippen LogP contribution in [-0.4, -0.2) is 50.5 Å². The third kappa shape index (κ3) is 3.48. The third-order valence-electron chi connectivity index (χ3n) is 5.35. The van der Waals surface area contributed by atoms with Gasteiger partial charge in [-0.2, -0.15) is 0 Å². The predicted octanol–water partition coefficient (Wildman–Crippen LogP) is 3.05. The van der Waals surface area contributed by atoms with Crippen LogP contribution in [0.15, 0.2) is 18.2 Å². The summed E-state index contributed by atoms with van der Waals surface area (Å²) in [5.41, 5.74) is 2.41. The molecule has 0 amide bonds. The summed E-state index contributed by atoms with van der Waals surface area (Å²) in [4.78, 5) is 2.58. The van der Waals surface area contributed by atoms with E-state index in [4.69, 9.17) is 14.2 Å². The standard InChI is InChI=1S/C20H28N2O3/c1-2-3-12-23-17-4-5-18-20(25-14-24-18)19(17)15-8-11-22(13-15)16-6-9-21-10-7-16/h4-5,8,16,21H,2-3,6-7,9-14H2,1H3. The normalized spacial score (nSPS) is 20.8. The maximum Gasteiger partial charge on any atom is 0.231 e. The van der Waals surface area contributed by atoms with E-state index in [0.717, 1.165) is 68.4 Å². The van der Waals surface area contributed by atoms with E-state index >= 15 is 0 Å². The lowest BCUT2D eigenvalue weighted by atomic mass is 10.0. The number of nitrogens with one attached hydrogen (secondary N) is 1. The van der Waals surface area contributed by atoms with E-state index in [1.165, 1.54) is 18.4 Å². The molecule has 0 unspecified atom stereocenters. The maximum atomic E-state index is 6.09. The first-order valence-corrected chi connectivity index (χ1v) is 9.56. The van der Waals surface area contributed by atoms with Crippen molar-refractivity contribution in [3.63, 3.8) is 0 Å². The Morgan fingerprint density at radius 2 is 2.12 bits per heavy atom. The van der Waals surface area contributed by atoms with E-state index in [2.05, 4.69) is 23.2 Å². The topological polar surface area (TPSA) is 43.0 Å². The number of piperidine rings is 1. The van der Waals surface area contributed by atoms with Gasteiger partial charge in [0.1, 0.15) is 5.75 Å². The Morgan fingerprint density at radius 3 is 2.96 bits per heavy atom. The SMILES string of the molecule is CCCCOc1ccc2c(c1C1=CCN(C3CCNCC3)C1)OCO2. The van der Waals surface area contributed by atoms with Gasteiger partial charge < -0.3 is 19.5 Å². The summed E-state index contributed by atoms with van der Waals surface area (Å²) in [6.45, 7) is 7.45. The molecule has 3 aliphatic rings. The molecule has 0 bridgehead atoms. The molecular formula is C20H28N2O3. The van der Waals surface area contributed by atoms with E-state index in [9.17, 15) is 0 Å². The first-order valence-electron chi connectivity index (χ1n) is 9.56. The molecule has 1 saturated heterocycles. The van der Waals surface area contributed by atoms with Gasteiger partial charge in [-0.15, -0.1) is 0 Å². The lowest BCUT2D eigenvalue weighted by Gasteiger charge is -2.31. The zero-order valence-corrected chi connectivity index (χ0v) is 15.1. The summed E-state index contributed by atoms with van der Waals surface area (Å²) < 4.78 is 17.5. The summed E-state index contributed by atoms with van der Waals surface area (Å²) in [6.07, 6.45) is 6.99. The molecule has 0 aromatic heterocycles. The zero-order valence-electron chi connectivity index (χ0n) is 15.1. The van der Waals surface area contributed by atoms with Gasteiger partial charge in [0, 0.05) is 19.1 Å². The second kappa shape index (κ2) is 7.67. The fourth-order valence-corrected chi connectivity index (χ4v) is 3.91. The van der Waals surface area contributed by atoms with Crippen LogP contribution >= 0.6 is 0 Å². The predicted molar refractivity (Wildman–Crippen MR) is 98.4 cm³/mol. The highest BCUT2D eigenvalue weighted by Crippen LogP contribution is 2.45. The molecule has 1 aromatic rings. The van der Waals surface area contributed by atoms with Gasteiger partial charge in [-0.25, -0.2) is 0 Å². The molecule has 4 rings (SSSR count). The number of ether oxygens (including phenoxy) is 3.